The molecule has 0 spiro atoms. The predicted molar refractivity (Wildman–Crippen MR) is 166 cm³/mol. The summed E-state index contributed by atoms with van der Waals surface area (Å²) in [5.74, 6) is -0.680. The molecule has 0 bridgehead atoms. The number of ketones is 1. The maximum Gasteiger partial charge on any atom is 0.411 e. The predicted octanol–water partition coefficient (Wildman–Crippen LogP) is 5.40. The first kappa shape index (κ1) is 29.4. The van der Waals surface area contributed by atoms with Crippen molar-refractivity contribution in [3.05, 3.63) is 113 Å². The quantitative estimate of drug-likeness (QED) is 0.319. The summed E-state index contributed by atoms with van der Waals surface area (Å²) >= 11 is 0. The van der Waals surface area contributed by atoms with Crippen LogP contribution in [0.4, 0.5) is 4.79 Å². The van der Waals surface area contributed by atoms with Crippen molar-refractivity contribution in [1.82, 2.24) is 15.1 Å². The van der Waals surface area contributed by atoms with Gasteiger partial charge in [-0.1, -0.05) is 97.1 Å². The van der Waals surface area contributed by atoms with Crippen LogP contribution in [0.5, 0.6) is 0 Å². The summed E-state index contributed by atoms with van der Waals surface area (Å²) in [4.78, 5) is 56.6. The lowest BCUT2D eigenvalue weighted by Crippen LogP contribution is -2.74. The van der Waals surface area contributed by atoms with Crippen molar-refractivity contribution < 1.29 is 23.9 Å². The highest BCUT2D eigenvalue weighted by Crippen LogP contribution is 2.39. The van der Waals surface area contributed by atoms with Crippen LogP contribution in [0.25, 0.3) is 6.08 Å². The molecule has 3 aliphatic rings. The number of amides is 3. The molecule has 0 unspecified atom stereocenters. The van der Waals surface area contributed by atoms with Crippen LogP contribution in [0.15, 0.2) is 91.0 Å². The number of nitrogens with one attached hydrogen (secondary N) is 1. The van der Waals surface area contributed by atoms with E-state index in [4.69, 9.17) is 4.74 Å². The number of hydrogen-bond donors (Lipinski definition) is 1. The van der Waals surface area contributed by atoms with E-state index >= 15 is 0 Å². The summed E-state index contributed by atoms with van der Waals surface area (Å²) in [6.45, 7) is 1.63. The molecule has 0 aromatic heterocycles. The Labute approximate surface area is 257 Å². The molecule has 3 aromatic rings. The average Bonchev–Trinajstić information content (AvgIpc) is 3.42. The molecule has 0 radical (unpaired) electrons. The summed E-state index contributed by atoms with van der Waals surface area (Å²) in [6.07, 6.45) is 6.30. The highest BCUT2D eigenvalue weighted by Gasteiger charge is 2.58. The van der Waals surface area contributed by atoms with Gasteiger partial charge < -0.3 is 19.7 Å². The standard InChI is InChI=1S/C36H37N3O5/c1-24(40)19-21-31(34(41)37-29-18-10-16-26-13-8-9-17-28(26)29)38-30(22-20-25-11-4-2-5-12-25)33(35(38)42)39-32(23-44-36(39)43)27-14-6-3-7-15-27/h2-9,11-15,17,20,22,29-33H,10,16,18-19,21,23H2,1H3,(H,37,41)/b22-20+/t29-,30-,31+,32-,33+/m1/s1. The van der Waals surface area contributed by atoms with E-state index < -0.39 is 30.3 Å². The van der Waals surface area contributed by atoms with E-state index in [1.54, 1.807) is 4.90 Å². The molecule has 6 rings (SSSR count). The van der Waals surface area contributed by atoms with Crippen LogP contribution in [0.3, 0.4) is 0 Å². The van der Waals surface area contributed by atoms with Crippen molar-refractivity contribution in [2.24, 2.45) is 0 Å². The third kappa shape index (κ3) is 5.89. The van der Waals surface area contributed by atoms with Gasteiger partial charge in [0.15, 0.2) is 0 Å². The second-order valence-corrected chi connectivity index (χ2v) is 11.8. The maximum absolute atomic E-state index is 14.2. The molecule has 1 N–H and O–H groups in total. The molecular weight excluding hydrogens is 554 g/mol. The zero-order valence-electron chi connectivity index (χ0n) is 24.8. The van der Waals surface area contributed by atoms with Gasteiger partial charge in [-0.2, -0.15) is 0 Å². The number of likely N-dealkylation sites (tertiary alicyclic amines) is 1. The van der Waals surface area contributed by atoms with Gasteiger partial charge in [0.25, 0.3) is 0 Å². The van der Waals surface area contributed by atoms with E-state index in [9.17, 15) is 19.2 Å². The van der Waals surface area contributed by atoms with E-state index in [0.29, 0.717) is 0 Å². The molecular formula is C36H37N3O5. The van der Waals surface area contributed by atoms with Gasteiger partial charge in [-0.05, 0) is 54.9 Å². The lowest BCUT2D eigenvalue weighted by Gasteiger charge is -2.52. The van der Waals surface area contributed by atoms with Crippen LogP contribution in [0.2, 0.25) is 0 Å². The van der Waals surface area contributed by atoms with Crippen molar-refractivity contribution in [3.8, 4) is 0 Å². The fraction of sp³-hybridized carbons (Fsp3) is 0.333. The van der Waals surface area contributed by atoms with Crippen molar-refractivity contribution in [2.75, 3.05) is 6.61 Å². The summed E-state index contributed by atoms with van der Waals surface area (Å²) in [7, 11) is 0. The average molecular weight is 592 g/mol. The zero-order valence-corrected chi connectivity index (χ0v) is 24.8. The SMILES string of the molecule is CC(=O)CC[C@@H](C(=O)N[C@@H]1CCCc2ccccc21)N1C(=O)[C@@H](N2C(=O)OC[C@@H]2c2ccccc2)[C@H]1/C=C/c1ccccc1. The maximum atomic E-state index is 14.2. The molecule has 44 heavy (non-hydrogen) atoms. The molecule has 2 saturated heterocycles. The highest BCUT2D eigenvalue weighted by molar-refractivity contribution is 5.98. The first-order valence-corrected chi connectivity index (χ1v) is 15.4. The van der Waals surface area contributed by atoms with Crippen LogP contribution in [-0.2, 0) is 25.5 Å². The van der Waals surface area contributed by atoms with Gasteiger partial charge in [0.2, 0.25) is 11.8 Å². The minimum absolute atomic E-state index is 0.0565. The number of cyclic esters (lactones) is 1. The van der Waals surface area contributed by atoms with Crippen molar-refractivity contribution in [3.63, 3.8) is 0 Å². The van der Waals surface area contributed by atoms with Crippen molar-refractivity contribution >= 4 is 29.8 Å². The fourth-order valence-corrected chi connectivity index (χ4v) is 6.71. The molecule has 8 nitrogen and oxygen atoms in total. The first-order valence-electron chi connectivity index (χ1n) is 15.4. The van der Waals surface area contributed by atoms with Gasteiger partial charge in [0.1, 0.15) is 24.5 Å². The Morgan fingerprint density at radius 1 is 0.977 bits per heavy atom. The molecule has 2 aliphatic heterocycles. The Balaban J connectivity index is 1.33. The van der Waals surface area contributed by atoms with E-state index in [2.05, 4.69) is 11.4 Å². The summed E-state index contributed by atoms with van der Waals surface area (Å²) < 4.78 is 5.47. The third-order valence-electron chi connectivity index (χ3n) is 8.93. The third-order valence-corrected chi connectivity index (χ3v) is 8.93. The van der Waals surface area contributed by atoms with E-state index in [1.165, 1.54) is 17.4 Å². The molecule has 226 valence electrons. The molecule has 2 fully saturated rings. The number of carbonyl (C=O) groups is 4. The number of carbonyl (C=O) groups excluding carboxylic acids is 4. The lowest BCUT2D eigenvalue weighted by molar-refractivity contribution is -0.163. The van der Waals surface area contributed by atoms with Gasteiger partial charge in [0.05, 0.1) is 18.1 Å². The Bertz CT molecular complexity index is 1560. The Kier molecular flexibility index (Phi) is 8.59. The van der Waals surface area contributed by atoms with Crippen LogP contribution in [0, 0.1) is 0 Å². The van der Waals surface area contributed by atoms with E-state index in [-0.39, 0.29) is 43.1 Å². The molecule has 5 atom stereocenters. The van der Waals surface area contributed by atoms with Gasteiger partial charge in [0, 0.05) is 6.42 Å². The number of aryl methyl sites for hydroxylation is 1. The number of rotatable bonds is 10. The van der Waals surface area contributed by atoms with Crippen molar-refractivity contribution in [2.45, 2.75) is 69.2 Å². The number of Topliss-reactive ketones (excluding diaryl/α,β-unsaturated/α-hetero) is 1. The number of benzene rings is 3. The Morgan fingerprint density at radius 3 is 2.43 bits per heavy atom. The van der Waals surface area contributed by atoms with Crippen molar-refractivity contribution in [1.29, 1.82) is 0 Å². The largest absolute Gasteiger partial charge is 0.447 e. The summed E-state index contributed by atoms with van der Waals surface area (Å²) in [5, 5.41) is 3.22. The monoisotopic (exact) mass is 591 g/mol. The van der Waals surface area contributed by atoms with E-state index in [1.807, 2.05) is 91.0 Å². The van der Waals surface area contributed by atoms with Crippen LogP contribution < -0.4 is 5.32 Å². The number of nitrogens with zero attached hydrogens (tertiary/aromatic N) is 2. The molecule has 3 aromatic carbocycles. The Morgan fingerprint density at radius 2 is 1.68 bits per heavy atom. The normalized spacial score (nSPS) is 23.6. The highest BCUT2D eigenvalue weighted by atomic mass is 16.6. The molecule has 3 amide bonds. The van der Waals surface area contributed by atoms with Crippen LogP contribution in [-0.4, -0.2) is 58.2 Å². The van der Waals surface area contributed by atoms with Gasteiger partial charge in [-0.25, -0.2) is 4.79 Å². The Hall–Kier alpha value is -4.72. The molecule has 0 saturated carbocycles. The van der Waals surface area contributed by atoms with E-state index in [0.717, 1.165) is 36.0 Å². The van der Waals surface area contributed by atoms with Gasteiger partial charge >= 0.3 is 6.09 Å². The second kappa shape index (κ2) is 12.9. The molecule has 1 aliphatic carbocycles. The van der Waals surface area contributed by atoms with Gasteiger partial charge in [-0.15, -0.1) is 0 Å². The fourth-order valence-electron chi connectivity index (χ4n) is 6.71. The summed E-state index contributed by atoms with van der Waals surface area (Å²) in [5.41, 5.74) is 4.11. The minimum atomic E-state index is -0.879. The number of ether oxygens (including phenoxy) is 1. The number of fused-ring (bicyclic) bond motifs is 1. The topological polar surface area (TPSA) is 96.0 Å². The zero-order chi connectivity index (χ0) is 30.6. The molecule has 2 heterocycles. The molecule has 8 heteroatoms. The second-order valence-electron chi connectivity index (χ2n) is 11.8. The first-order chi connectivity index (χ1) is 21.4. The number of β-lactam (4-membered cyclic amide) rings is 1. The lowest BCUT2D eigenvalue weighted by atomic mass is 9.86. The van der Waals surface area contributed by atoms with Crippen LogP contribution >= 0.6 is 0 Å². The minimum Gasteiger partial charge on any atom is -0.447 e. The smallest absolute Gasteiger partial charge is 0.411 e. The summed E-state index contributed by atoms with van der Waals surface area (Å²) in [6, 6.07) is 24.4. The number of hydrogen-bond acceptors (Lipinski definition) is 5. The van der Waals surface area contributed by atoms with Gasteiger partial charge in [-0.3, -0.25) is 14.5 Å². The van der Waals surface area contributed by atoms with Crippen LogP contribution in [0.1, 0.15) is 66.9 Å².